The predicted octanol–water partition coefficient (Wildman–Crippen LogP) is 4.20. The lowest BCUT2D eigenvalue weighted by atomic mass is 10.1. The van der Waals surface area contributed by atoms with Crippen molar-refractivity contribution in [3.05, 3.63) is 29.6 Å². The Kier molecular flexibility index (Phi) is 7.69. The van der Waals surface area contributed by atoms with E-state index in [2.05, 4.69) is 6.92 Å². The number of rotatable bonds is 4. The largest absolute Gasteiger partial charge is 0.494 e. The fraction of sp³-hybridized carbons (Fsp3) is 0.538. The maximum Gasteiger partial charge on any atom is 0.165 e. The molecule has 1 rings (SSSR count). The van der Waals surface area contributed by atoms with Crippen LogP contribution in [0.3, 0.4) is 0 Å². The molecule has 0 fully saturated rings. The summed E-state index contributed by atoms with van der Waals surface area (Å²) in [5.74, 6) is 0.0522. The molecule has 0 N–H and O–H groups in total. The number of hydrogen-bond donors (Lipinski definition) is 0. The second kappa shape index (κ2) is 8.27. The van der Waals surface area contributed by atoms with Crippen molar-refractivity contribution in [2.75, 3.05) is 7.11 Å². The highest BCUT2D eigenvalue weighted by Crippen LogP contribution is 2.19. The topological polar surface area (TPSA) is 9.23 Å². The molecule has 1 aromatic carbocycles. The van der Waals surface area contributed by atoms with Crippen LogP contribution in [0.2, 0.25) is 0 Å². The molecule has 0 heterocycles. The minimum Gasteiger partial charge on any atom is -0.494 e. The van der Waals surface area contributed by atoms with E-state index in [9.17, 15) is 4.39 Å². The summed E-state index contributed by atoms with van der Waals surface area (Å²) in [6, 6.07) is 5.04. The van der Waals surface area contributed by atoms with Crippen molar-refractivity contribution in [2.45, 2.75) is 40.0 Å². The van der Waals surface area contributed by atoms with E-state index < -0.39 is 0 Å². The average molecular weight is 212 g/mol. The van der Waals surface area contributed by atoms with Crippen molar-refractivity contribution >= 4 is 0 Å². The smallest absolute Gasteiger partial charge is 0.165 e. The SMILES string of the molecule is CC.CCCCc1ccc(F)c(OC)c1. The summed E-state index contributed by atoms with van der Waals surface area (Å²) in [6.45, 7) is 6.14. The first-order chi connectivity index (χ1) is 7.27. The lowest BCUT2D eigenvalue weighted by Gasteiger charge is -2.04. The molecule has 0 aliphatic carbocycles. The molecule has 1 nitrogen and oxygen atoms in total. The van der Waals surface area contributed by atoms with E-state index in [1.54, 1.807) is 6.07 Å². The van der Waals surface area contributed by atoms with E-state index >= 15 is 0 Å². The molecule has 1 aromatic rings. The number of unbranched alkanes of at least 4 members (excludes halogenated alkanes) is 1. The highest BCUT2D eigenvalue weighted by molar-refractivity contribution is 5.30. The van der Waals surface area contributed by atoms with E-state index in [1.807, 2.05) is 19.9 Å². The molecule has 0 aliphatic rings. The van der Waals surface area contributed by atoms with Gasteiger partial charge >= 0.3 is 0 Å². The predicted molar refractivity (Wildman–Crippen MR) is 62.9 cm³/mol. The quantitative estimate of drug-likeness (QED) is 0.726. The molecule has 0 spiro atoms. The van der Waals surface area contributed by atoms with Gasteiger partial charge < -0.3 is 4.74 Å². The van der Waals surface area contributed by atoms with Crippen molar-refractivity contribution in [1.29, 1.82) is 0 Å². The number of halogens is 1. The van der Waals surface area contributed by atoms with Crippen LogP contribution in [-0.2, 0) is 6.42 Å². The Labute approximate surface area is 92.3 Å². The minimum atomic E-state index is -0.289. The van der Waals surface area contributed by atoms with Crippen LogP contribution < -0.4 is 4.74 Å². The first-order valence-corrected chi connectivity index (χ1v) is 5.60. The van der Waals surface area contributed by atoms with Crippen LogP contribution in [-0.4, -0.2) is 7.11 Å². The van der Waals surface area contributed by atoms with E-state index in [0.717, 1.165) is 24.8 Å². The third-order valence-electron chi connectivity index (χ3n) is 2.03. The van der Waals surface area contributed by atoms with Gasteiger partial charge in [-0.15, -0.1) is 0 Å². The number of methoxy groups -OCH3 is 1. The van der Waals surface area contributed by atoms with Gasteiger partial charge in [0.15, 0.2) is 11.6 Å². The monoisotopic (exact) mass is 212 g/mol. The summed E-state index contributed by atoms with van der Waals surface area (Å²) in [7, 11) is 1.49. The third-order valence-corrected chi connectivity index (χ3v) is 2.03. The molecule has 2 heteroatoms. The summed E-state index contributed by atoms with van der Waals surface area (Å²) in [5, 5.41) is 0. The van der Waals surface area contributed by atoms with Crippen molar-refractivity contribution in [1.82, 2.24) is 0 Å². The summed E-state index contributed by atoms with van der Waals surface area (Å²) < 4.78 is 17.9. The summed E-state index contributed by atoms with van der Waals surface area (Å²) >= 11 is 0. The van der Waals surface area contributed by atoms with Crippen molar-refractivity contribution in [3.63, 3.8) is 0 Å². The van der Waals surface area contributed by atoms with E-state index in [1.165, 1.54) is 13.2 Å². The van der Waals surface area contributed by atoms with Gasteiger partial charge in [0, 0.05) is 0 Å². The van der Waals surface area contributed by atoms with Crippen LogP contribution in [0.4, 0.5) is 4.39 Å². The molecule has 0 atom stereocenters. The first-order valence-electron chi connectivity index (χ1n) is 5.60. The van der Waals surface area contributed by atoms with Gasteiger partial charge in [-0.2, -0.15) is 0 Å². The highest BCUT2D eigenvalue weighted by atomic mass is 19.1. The Hall–Kier alpha value is -1.05. The first kappa shape index (κ1) is 13.9. The zero-order valence-corrected chi connectivity index (χ0v) is 10.1. The summed E-state index contributed by atoms with van der Waals surface area (Å²) in [6.07, 6.45) is 3.28. The van der Waals surface area contributed by atoms with Gasteiger partial charge in [0.2, 0.25) is 0 Å². The molecule has 0 bridgehead atoms. The maximum absolute atomic E-state index is 13.0. The normalized spacial score (nSPS) is 9.13. The van der Waals surface area contributed by atoms with Gasteiger partial charge in [-0.1, -0.05) is 33.3 Å². The molecule has 0 radical (unpaired) electrons. The molecule has 0 amide bonds. The third kappa shape index (κ3) is 4.82. The lowest BCUT2D eigenvalue weighted by molar-refractivity contribution is 0.386. The Morgan fingerprint density at radius 2 is 1.93 bits per heavy atom. The Balaban J connectivity index is 0.000000921. The van der Waals surface area contributed by atoms with E-state index in [0.29, 0.717) is 5.75 Å². The van der Waals surface area contributed by atoms with Crippen LogP contribution in [0.1, 0.15) is 39.2 Å². The Morgan fingerprint density at radius 1 is 1.27 bits per heavy atom. The van der Waals surface area contributed by atoms with Crippen LogP contribution in [0.5, 0.6) is 5.75 Å². The fourth-order valence-electron chi connectivity index (χ4n) is 1.24. The Bertz CT molecular complexity index is 271. The number of ether oxygens (including phenoxy) is 1. The van der Waals surface area contributed by atoms with Gasteiger partial charge in [-0.3, -0.25) is 0 Å². The summed E-state index contributed by atoms with van der Waals surface area (Å²) in [5.41, 5.74) is 1.14. The molecule has 0 saturated carbocycles. The molecular weight excluding hydrogens is 191 g/mol. The van der Waals surface area contributed by atoms with E-state index in [4.69, 9.17) is 4.74 Å². The van der Waals surface area contributed by atoms with Gasteiger partial charge in [0.05, 0.1) is 7.11 Å². The van der Waals surface area contributed by atoms with Gasteiger partial charge in [-0.25, -0.2) is 4.39 Å². The van der Waals surface area contributed by atoms with Crippen molar-refractivity contribution < 1.29 is 9.13 Å². The minimum absolute atomic E-state index is 0.289. The standard InChI is InChI=1S/C11H15FO.C2H6/c1-3-4-5-9-6-7-10(12)11(8-9)13-2;1-2/h6-8H,3-5H2,1-2H3;1-2H3. The van der Waals surface area contributed by atoms with Crippen LogP contribution in [0.25, 0.3) is 0 Å². The maximum atomic E-state index is 13.0. The number of aryl methyl sites for hydroxylation is 1. The van der Waals surface area contributed by atoms with Crippen molar-refractivity contribution in [2.24, 2.45) is 0 Å². The average Bonchev–Trinajstić information content (AvgIpc) is 2.30. The molecule has 0 aliphatic heterocycles. The van der Waals surface area contributed by atoms with Crippen LogP contribution in [0.15, 0.2) is 18.2 Å². The van der Waals surface area contributed by atoms with Crippen LogP contribution >= 0.6 is 0 Å². The fourth-order valence-corrected chi connectivity index (χ4v) is 1.24. The second-order valence-electron chi connectivity index (χ2n) is 3.07. The Morgan fingerprint density at radius 3 is 2.47 bits per heavy atom. The van der Waals surface area contributed by atoms with E-state index in [-0.39, 0.29) is 5.82 Å². The molecule has 0 aromatic heterocycles. The zero-order valence-electron chi connectivity index (χ0n) is 10.1. The molecule has 86 valence electrons. The number of hydrogen-bond acceptors (Lipinski definition) is 1. The zero-order chi connectivity index (χ0) is 11.7. The lowest BCUT2D eigenvalue weighted by Crippen LogP contribution is -1.91. The van der Waals surface area contributed by atoms with Crippen LogP contribution in [0, 0.1) is 5.82 Å². The molecule has 0 saturated heterocycles. The van der Waals surface area contributed by atoms with Gasteiger partial charge in [0.25, 0.3) is 0 Å². The van der Waals surface area contributed by atoms with Gasteiger partial charge in [-0.05, 0) is 30.5 Å². The molecule has 0 unspecified atom stereocenters. The number of benzene rings is 1. The summed E-state index contributed by atoms with van der Waals surface area (Å²) in [4.78, 5) is 0. The van der Waals surface area contributed by atoms with Gasteiger partial charge in [0.1, 0.15) is 0 Å². The highest BCUT2D eigenvalue weighted by Gasteiger charge is 2.02. The van der Waals surface area contributed by atoms with Crippen molar-refractivity contribution in [3.8, 4) is 5.75 Å². The molecular formula is C13H21FO. The second-order valence-corrected chi connectivity index (χ2v) is 3.07. The molecule has 15 heavy (non-hydrogen) atoms.